The molecule has 0 fully saturated rings. The van der Waals surface area contributed by atoms with E-state index >= 15 is 0 Å². The summed E-state index contributed by atoms with van der Waals surface area (Å²) in [7, 11) is 2.10. The van der Waals surface area contributed by atoms with Gasteiger partial charge in [-0.15, -0.1) is 0 Å². The number of nitrogens with zero attached hydrogens (tertiary/aromatic N) is 2. The summed E-state index contributed by atoms with van der Waals surface area (Å²) >= 11 is 0. The summed E-state index contributed by atoms with van der Waals surface area (Å²) in [4.78, 5) is 6.56. The van der Waals surface area contributed by atoms with Crippen molar-refractivity contribution in [3.05, 3.63) is 30.1 Å². The third-order valence-corrected chi connectivity index (χ3v) is 2.66. The largest absolute Gasteiger partial charge is 0.328 e. The van der Waals surface area contributed by atoms with Crippen LogP contribution in [0.5, 0.6) is 0 Å². The van der Waals surface area contributed by atoms with E-state index in [1.807, 2.05) is 24.4 Å². The van der Waals surface area contributed by atoms with Crippen LogP contribution < -0.4 is 5.73 Å². The predicted octanol–water partition coefficient (Wildman–Crippen LogP) is 1.50. The number of pyridine rings is 1. The standard InChI is InChI=1S/C12H21N3/c1-10(11(2)13)8-15(3)9-12-6-4-5-7-14-12/h4-7,10-11H,8-9,13H2,1-3H3. The van der Waals surface area contributed by atoms with E-state index in [0.29, 0.717) is 5.92 Å². The molecule has 2 atom stereocenters. The molecule has 1 aromatic heterocycles. The van der Waals surface area contributed by atoms with Gasteiger partial charge in [0.05, 0.1) is 5.69 Å². The first kappa shape index (κ1) is 12.1. The molecule has 0 bridgehead atoms. The van der Waals surface area contributed by atoms with E-state index in [-0.39, 0.29) is 6.04 Å². The Kier molecular flexibility index (Phi) is 4.72. The number of nitrogens with two attached hydrogens (primary N) is 1. The lowest BCUT2D eigenvalue weighted by molar-refractivity contribution is 0.259. The summed E-state index contributed by atoms with van der Waals surface area (Å²) in [5.41, 5.74) is 6.94. The van der Waals surface area contributed by atoms with Gasteiger partial charge in [-0.05, 0) is 32.0 Å². The first-order chi connectivity index (χ1) is 7.09. The Morgan fingerprint density at radius 1 is 1.40 bits per heavy atom. The van der Waals surface area contributed by atoms with Crippen molar-refractivity contribution in [2.75, 3.05) is 13.6 Å². The van der Waals surface area contributed by atoms with E-state index in [0.717, 1.165) is 18.8 Å². The maximum atomic E-state index is 5.84. The number of hydrogen-bond acceptors (Lipinski definition) is 3. The number of rotatable bonds is 5. The number of hydrogen-bond donors (Lipinski definition) is 1. The van der Waals surface area contributed by atoms with Crippen LogP contribution in [0.1, 0.15) is 19.5 Å². The van der Waals surface area contributed by atoms with Crippen LogP contribution in [0.3, 0.4) is 0 Å². The molecule has 0 aliphatic carbocycles. The average molecular weight is 207 g/mol. The van der Waals surface area contributed by atoms with Crippen LogP contribution >= 0.6 is 0 Å². The van der Waals surface area contributed by atoms with E-state index in [4.69, 9.17) is 5.73 Å². The molecule has 0 aliphatic heterocycles. The van der Waals surface area contributed by atoms with Crippen molar-refractivity contribution >= 4 is 0 Å². The fourth-order valence-corrected chi connectivity index (χ4v) is 1.49. The Bertz CT molecular complexity index is 271. The van der Waals surface area contributed by atoms with Gasteiger partial charge in [0.25, 0.3) is 0 Å². The van der Waals surface area contributed by atoms with Crippen LogP contribution in [-0.4, -0.2) is 29.5 Å². The highest BCUT2D eigenvalue weighted by atomic mass is 15.1. The van der Waals surface area contributed by atoms with Gasteiger partial charge in [0, 0.05) is 25.3 Å². The molecule has 0 saturated carbocycles. The van der Waals surface area contributed by atoms with Crippen LogP contribution in [0.15, 0.2) is 24.4 Å². The highest BCUT2D eigenvalue weighted by Crippen LogP contribution is 2.05. The molecule has 1 rings (SSSR count). The second kappa shape index (κ2) is 5.83. The molecule has 0 spiro atoms. The maximum Gasteiger partial charge on any atom is 0.0543 e. The maximum absolute atomic E-state index is 5.84. The van der Waals surface area contributed by atoms with Crippen molar-refractivity contribution in [3.8, 4) is 0 Å². The Hall–Kier alpha value is -0.930. The van der Waals surface area contributed by atoms with Crippen LogP contribution in [0.25, 0.3) is 0 Å². The topological polar surface area (TPSA) is 42.1 Å². The van der Waals surface area contributed by atoms with Crippen molar-refractivity contribution in [1.29, 1.82) is 0 Å². The molecule has 0 aromatic carbocycles. The first-order valence-corrected chi connectivity index (χ1v) is 5.43. The van der Waals surface area contributed by atoms with Crippen molar-refractivity contribution < 1.29 is 0 Å². The molecule has 0 amide bonds. The quantitative estimate of drug-likeness (QED) is 0.795. The summed E-state index contributed by atoms with van der Waals surface area (Å²) in [6.45, 7) is 6.13. The lowest BCUT2D eigenvalue weighted by Gasteiger charge is -2.23. The van der Waals surface area contributed by atoms with E-state index in [9.17, 15) is 0 Å². The zero-order valence-corrected chi connectivity index (χ0v) is 9.85. The zero-order chi connectivity index (χ0) is 11.3. The molecule has 0 radical (unpaired) electrons. The molecule has 1 heterocycles. The summed E-state index contributed by atoms with van der Waals surface area (Å²) in [6, 6.07) is 6.25. The second-order valence-corrected chi connectivity index (χ2v) is 4.35. The van der Waals surface area contributed by atoms with Gasteiger partial charge in [-0.25, -0.2) is 0 Å². The molecule has 0 aliphatic rings. The van der Waals surface area contributed by atoms with Gasteiger partial charge in [0.15, 0.2) is 0 Å². The molecule has 2 N–H and O–H groups in total. The van der Waals surface area contributed by atoms with E-state index in [1.54, 1.807) is 0 Å². The van der Waals surface area contributed by atoms with Crippen molar-refractivity contribution in [2.24, 2.45) is 11.7 Å². The Balaban J connectivity index is 2.39. The third kappa shape index (κ3) is 4.40. The molecule has 15 heavy (non-hydrogen) atoms. The molecule has 84 valence electrons. The SMILES string of the molecule is CC(N)C(C)CN(C)Cc1ccccn1. The van der Waals surface area contributed by atoms with Crippen molar-refractivity contribution in [1.82, 2.24) is 9.88 Å². The lowest BCUT2D eigenvalue weighted by Crippen LogP contribution is -2.34. The van der Waals surface area contributed by atoms with E-state index in [2.05, 4.69) is 30.8 Å². The summed E-state index contributed by atoms with van der Waals surface area (Å²) in [5.74, 6) is 0.513. The Morgan fingerprint density at radius 3 is 2.67 bits per heavy atom. The van der Waals surface area contributed by atoms with E-state index < -0.39 is 0 Å². The van der Waals surface area contributed by atoms with E-state index in [1.165, 1.54) is 0 Å². The first-order valence-electron chi connectivity index (χ1n) is 5.43. The lowest BCUT2D eigenvalue weighted by atomic mass is 10.0. The van der Waals surface area contributed by atoms with Gasteiger partial charge >= 0.3 is 0 Å². The van der Waals surface area contributed by atoms with Crippen molar-refractivity contribution in [2.45, 2.75) is 26.4 Å². The minimum absolute atomic E-state index is 0.246. The highest BCUT2D eigenvalue weighted by Gasteiger charge is 2.10. The van der Waals surface area contributed by atoms with Crippen LogP contribution in [0, 0.1) is 5.92 Å². The third-order valence-electron chi connectivity index (χ3n) is 2.66. The average Bonchev–Trinajstić information content (AvgIpc) is 2.18. The minimum Gasteiger partial charge on any atom is -0.328 e. The van der Waals surface area contributed by atoms with Gasteiger partial charge < -0.3 is 10.6 Å². The minimum atomic E-state index is 0.246. The fourth-order valence-electron chi connectivity index (χ4n) is 1.49. The van der Waals surface area contributed by atoms with Gasteiger partial charge in [-0.3, -0.25) is 4.98 Å². The van der Waals surface area contributed by atoms with Crippen LogP contribution in [0.2, 0.25) is 0 Å². The molecule has 3 heteroatoms. The summed E-state index contributed by atoms with van der Waals surface area (Å²) in [5, 5.41) is 0. The predicted molar refractivity (Wildman–Crippen MR) is 63.4 cm³/mol. The highest BCUT2D eigenvalue weighted by molar-refractivity contribution is 5.03. The summed E-state index contributed by atoms with van der Waals surface area (Å²) < 4.78 is 0. The van der Waals surface area contributed by atoms with Gasteiger partial charge in [-0.1, -0.05) is 13.0 Å². The molecule has 3 nitrogen and oxygen atoms in total. The normalized spacial score (nSPS) is 15.3. The Labute approximate surface area is 92.3 Å². The smallest absolute Gasteiger partial charge is 0.0543 e. The molecular formula is C12H21N3. The van der Waals surface area contributed by atoms with Gasteiger partial charge in [0.2, 0.25) is 0 Å². The fraction of sp³-hybridized carbons (Fsp3) is 0.583. The Morgan fingerprint density at radius 2 is 2.13 bits per heavy atom. The molecule has 1 aromatic rings. The second-order valence-electron chi connectivity index (χ2n) is 4.35. The number of aromatic nitrogens is 1. The molecule has 0 saturated heterocycles. The van der Waals surface area contributed by atoms with Gasteiger partial charge in [-0.2, -0.15) is 0 Å². The molecular weight excluding hydrogens is 186 g/mol. The zero-order valence-electron chi connectivity index (χ0n) is 9.85. The van der Waals surface area contributed by atoms with Crippen LogP contribution in [-0.2, 0) is 6.54 Å². The van der Waals surface area contributed by atoms with Gasteiger partial charge in [0.1, 0.15) is 0 Å². The van der Waals surface area contributed by atoms with Crippen LogP contribution in [0.4, 0.5) is 0 Å². The molecule has 2 unspecified atom stereocenters. The van der Waals surface area contributed by atoms with Crippen molar-refractivity contribution in [3.63, 3.8) is 0 Å². The monoisotopic (exact) mass is 207 g/mol. The summed E-state index contributed by atoms with van der Waals surface area (Å²) in [6.07, 6.45) is 1.83.